The molecule has 1 aromatic rings. The van der Waals surface area contributed by atoms with Crippen LogP contribution in [0.5, 0.6) is 0 Å². The van der Waals surface area contributed by atoms with Crippen LogP contribution in [0.4, 0.5) is 0 Å². The van der Waals surface area contributed by atoms with Crippen molar-refractivity contribution < 1.29 is 4.74 Å². The number of nitrogens with zero attached hydrogens (tertiary/aromatic N) is 1. The van der Waals surface area contributed by atoms with Gasteiger partial charge in [-0.05, 0) is 30.9 Å². The fourth-order valence-corrected chi connectivity index (χ4v) is 4.44. The first kappa shape index (κ1) is 13.2. The maximum absolute atomic E-state index is 6.25. The van der Waals surface area contributed by atoms with Gasteiger partial charge in [0.25, 0.3) is 0 Å². The van der Waals surface area contributed by atoms with Gasteiger partial charge in [0, 0.05) is 29.3 Å². The molecule has 0 aromatic carbocycles. The number of hydrogen-bond acceptors (Lipinski definition) is 3. The van der Waals surface area contributed by atoms with Crippen LogP contribution in [-0.2, 0) is 23.2 Å². The van der Waals surface area contributed by atoms with Crippen LogP contribution in [0, 0.1) is 12.3 Å². The largest absolute Gasteiger partial charge is 0.370 e. The molecular formula is C16H21NOS. The zero-order valence-corrected chi connectivity index (χ0v) is 12.4. The molecule has 0 amide bonds. The molecule has 3 rings (SSSR count). The van der Waals surface area contributed by atoms with Crippen LogP contribution in [0.2, 0.25) is 0 Å². The van der Waals surface area contributed by atoms with Crippen molar-refractivity contribution in [3.05, 3.63) is 21.4 Å². The second kappa shape index (κ2) is 5.28. The van der Waals surface area contributed by atoms with E-state index in [1.807, 2.05) is 11.3 Å². The standard InChI is InChI=1S/C16H21NOS/c1-3-8-17-9-6-16(7-10-17)14-12-13(4-2)19-15(14)5-11-18-16/h1,12H,4-11H2,2H3. The maximum Gasteiger partial charge on any atom is 0.0966 e. The van der Waals surface area contributed by atoms with E-state index in [-0.39, 0.29) is 5.60 Å². The summed E-state index contributed by atoms with van der Waals surface area (Å²) in [7, 11) is 0. The molecule has 2 nitrogen and oxygen atoms in total. The molecule has 0 N–H and O–H groups in total. The number of piperidine rings is 1. The van der Waals surface area contributed by atoms with Crippen LogP contribution in [0.25, 0.3) is 0 Å². The normalized spacial score (nSPS) is 22.1. The Hall–Kier alpha value is -0.820. The molecule has 2 aliphatic rings. The number of thiophene rings is 1. The molecular weight excluding hydrogens is 254 g/mol. The van der Waals surface area contributed by atoms with E-state index in [4.69, 9.17) is 11.2 Å². The molecule has 19 heavy (non-hydrogen) atoms. The van der Waals surface area contributed by atoms with Crippen molar-refractivity contribution >= 4 is 11.3 Å². The van der Waals surface area contributed by atoms with E-state index >= 15 is 0 Å². The van der Waals surface area contributed by atoms with Crippen LogP contribution < -0.4 is 0 Å². The minimum Gasteiger partial charge on any atom is -0.370 e. The Morgan fingerprint density at radius 2 is 2.26 bits per heavy atom. The predicted octanol–water partition coefficient (Wildman–Crippen LogP) is 2.81. The Bertz CT molecular complexity index is 491. The van der Waals surface area contributed by atoms with Crippen LogP contribution in [0.1, 0.15) is 35.1 Å². The summed E-state index contributed by atoms with van der Waals surface area (Å²) < 4.78 is 6.25. The molecule has 0 bridgehead atoms. The van der Waals surface area contributed by atoms with Crippen molar-refractivity contribution in [1.29, 1.82) is 0 Å². The molecule has 1 fully saturated rings. The van der Waals surface area contributed by atoms with Crippen molar-refractivity contribution in [3.63, 3.8) is 0 Å². The van der Waals surface area contributed by atoms with Gasteiger partial charge in [-0.3, -0.25) is 4.90 Å². The fraction of sp³-hybridized carbons (Fsp3) is 0.625. The smallest absolute Gasteiger partial charge is 0.0966 e. The monoisotopic (exact) mass is 275 g/mol. The summed E-state index contributed by atoms with van der Waals surface area (Å²) in [6.07, 6.45) is 9.80. The minimum absolute atomic E-state index is 0.0113. The Kier molecular flexibility index (Phi) is 3.66. The zero-order chi connectivity index (χ0) is 13.3. The molecule has 1 spiro atoms. The highest BCUT2D eigenvalue weighted by Crippen LogP contribution is 2.44. The van der Waals surface area contributed by atoms with Gasteiger partial charge in [-0.2, -0.15) is 0 Å². The molecule has 3 heteroatoms. The lowest BCUT2D eigenvalue weighted by atomic mass is 9.82. The highest BCUT2D eigenvalue weighted by Gasteiger charge is 2.41. The van der Waals surface area contributed by atoms with Gasteiger partial charge in [0.15, 0.2) is 0 Å². The number of hydrogen-bond donors (Lipinski definition) is 0. The minimum atomic E-state index is -0.0113. The summed E-state index contributed by atoms with van der Waals surface area (Å²) in [5, 5.41) is 0. The summed E-state index contributed by atoms with van der Waals surface area (Å²) in [4.78, 5) is 5.42. The quantitative estimate of drug-likeness (QED) is 0.770. The van der Waals surface area contributed by atoms with Gasteiger partial charge in [0.2, 0.25) is 0 Å². The molecule has 0 saturated carbocycles. The van der Waals surface area contributed by atoms with Crippen molar-refractivity contribution in [2.75, 3.05) is 26.2 Å². The van der Waals surface area contributed by atoms with Gasteiger partial charge >= 0.3 is 0 Å². The third kappa shape index (κ3) is 2.33. The second-order valence-corrected chi connectivity index (χ2v) is 6.70. The molecule has 0 atom stereocenters. The first-order valence-electron chi connectivity index (χ1n) is 7.19. The Morgan fingerprint density at radius 1 is 1.47 bits per heavy atom. The van der Waals surface area contributed by atoms with Gasteiger partial charge in [-0.25, -0.2) is 0 Å². The molecule has 3 heterocycles. The third-order valence-corrected chi connectivity index (χ3v) is 5.72. The third-order valence-electron chi connectivity index (χ3n) is 4.39. The number of terminal acetylenes is 1. The Balaban J connectivity index is 1.83. The number of likely N-dealkylation sites (tertiary alicyclic amines) is 1. The molecule has 0 radical (unpaired) electrons. The van der Waals surface area contributed by atoms with E-state index < -0.39 is 0 Å². The van der Waals surface area contributed by atoms with Crippen LogP contribution in [-0.4, -0.2) is 31.1 Å². The summed E-state index contributed by atoms with van der Waals surface area (Å²) >= 11 is 1.99. The van der Waals surface area contributed by atoms with Crippen molar-refractivity contribution in [3.8, 4) is 12.3 Å². The first-order valence-corrected chi connectivity index (χ1v) is 8.01. The topological polar surface area (TPSA) is 12.5 Å². The van der Waals surface area contributed by atoms with E-state index in [0.29, 0.717) is 0 Å². The van der Waals surface area contributed by atoms with Crippen LogP contribution >= 0.6 is 11.3 Å². The van der Waals surface area contributed by atoms with Crippen molar-refractivity contribution in [2.45, 2.75) is 38.2 Å². The van der Waals surface area contributed by atoms with Gasteiger partial charge in [0.05, 0.1) is 18.8 Å². The molecule has 1 aromatic heterocycles. The van der Waals surface area contributed by atoms with E-state index in [1.54, 1.807) is 4.88 Å². The second-order valence-electron chi connectivity index (χ2n) is 5.48. The summed E-state index contributed by atoms with van der Waals surface area (Å²) in [5.74, 6) is 2.75. The van der Waals surface area contributed by atoms with Crippen molar-refractivity contribution in [2.24, 2.45) is 0 Å². The average Bonchev–Trinajstić information content (AvgIpc) is 2.87. The highest BCUT2D eigenvalue weighted by molar-refractivity contribution is 7.12. The lowest BCUT2D eigenvalue weighted by Crippen LogP contribution is -2.46. The number of fused-ring (bicyclic) bond motifs is 2. The number of aryl methyl sites for hydroxylation is 1. The zero-order valence-electron chi connectivity index (χ0n) is 11.6. The summed E-state index contributed by atoms with van der Waals surface area (Å²) in [6.45, 7) is 6.00. The molecule has 2 aliphatic heterocycles. The maximum atomic E-state index is 6.25. The molecule has 0 aliphatic carbocycles. The summed E-state index contributed by atoms with van der Waals surface area (Å²) in [6, 6.07) is 2.40. The SMILES string of the molecule is C#CCN1CCC2(CC1)OCCc1sc(CC)cc12. The van der Waals surface area contributed by atoms with E-state index in [2.05, 4.69) is 23.8 Å². The van der Waals surface area contributed by atoms with Crippen LogP contribution in [0.15, 0.2) is 6.07 Å². The molecule has 102 valence electrons. The Morgan fingerprint density at radius 3 is 2.95 bits per heavy atom. The van der Waals surface area contributed by atoms with Gasteiger partial charge < -0.3 is 4.74 Å². The van der Waals surface area contributed by atoms with Crippen molar-refractivity contribution in [1.82, 2.24) is 4.90 Å². The highest BCUT2D eigenvalue weighted by atomic mass is 32.1. The summed E-state index contributed by atoms with van der Waals surface area (Å²) in [5.41, 5.74) is 1.48. The first-order chi connectivity index (χ1) is 9.27. The van der Waals surface area contributed by atoms with E-state index in [1.165, 1.54) is 10.4 Å². The number of ether oxygens (including phenoxy) is 1. The predicted molar refractivity (Wildman–Crippen MR) is 79.5 cm³/mol. The van der Waals surface area contributed by atoms with Crippen LogP contribution in [0.3, 0.4) is 0 Å². The lowest BCUT2D eigenvalue weighted by molar-refractivity contribution is -0.0956. The molecule has 0 unspecified atom stereocenters. The van der Waals surface area contributed by atoms with E-state index in [9.17, 15) is 0 Å². The lowest BCUT2D eigenvalue weighted by Gasteiger charge is -2.43. The Labute approximate surface area is 119 Å². The average molecular weight is 275 g/mol. The fourth-order valence-electron chi connectivity index (χ4n) is 3.26. The van der Waals surface area contributed by atoms with Gasteiger partial charge in [-0.15, -0.1) is 17.8 Å². The van der Waals surface area contributed by atoms with E-state index in [0.717, 1.165) is 51.9 Å². The number of rotatable bonds is 2. The van der Waals surface area contributed by atoms with Gasteiger partial charge in [0.1, 0.15) is 0 Å². The van der Waals surface area contributed by atoms with Gasteiger partial charge in [-0.1, -0.05) is 12.8 Å². The molecule has 1 saturated heterocycles.